The van der Waals surface area contributed by atoms with E-state index >= 15 is 0 Å². The molecule has 0 bridgehead atoms. The lowest BCUT2D eigenvalue weighted by Gasteiger charge is -2.21. The number of hydrogen-bond acceptors (Lipinski definition) is 5. The number of anilines is 1. The highest BCUT2D eigenvalue weighted by Crippen LogP contribution is 2.37. The van der Waals surface area contributed by atoms with Gasteiger partial charge in [-0.05, 0) is 36.6 Å². The van der Waals surface area contributed by atoms with Gasteiger partial charge in [0.2, 0.25) is 21.8 Å². The highest BCUT2D eigenvalue weighted by atomic mass is 35.5. The van der Waals surface area contributed by atoms with Crippen LogP contribution in [0.25, 0.3) is 0 Å². The molecule has 1 aliphatic rings. The number of nitrogens with one attached hydrogen (secondary N) is 1. The zero-order valence-corrected chi connectivity index (χ0v) is 18.0. The summed E-state index contributed by atoms with van der Waals surface area (Å²) in [5, 5.41) is 9.32. The van der Waals surface area contributed by atoms with E-state index in [-0.39, 0.29) is 40.3 Å². The fraction of sp³-hybridized carbons (Fsp3) is 0.250. The van der Waals surface area contributed by atoms with Crippen molar-refractivity contribution in [2.24, 2.45) is 16.2 Å². The third kappa shape index (κ3) is 4.53. The van der Waals surface area contributed by atoms with E-state index in [4.69, 9.17) is 16.7 Å². The van der Waals surface area contributed by atoms with Gasteiger partial charge >= 0.3 is 0 Å². The molecule has 0 saturated carbocycles. The molecule has 3 rings (SSSR count). The van der Waals surface area contributed by atoms with Crippen molar-refractivity contribution in [1.29, 1.82) is 0 Å². The first-order valence-corrected chi connectivity index (χ1v) is 11.0. The fourth-order valence-corrected chi connectivity index (χ4v) is 4.82. The Morgan fingerprint density at radius 2 is 1.97 bits per heavy atom. The van der Waals surface area contributed by atoms with E-state index < -0.39 is 15.9 Å². The molecule has 1 fully saturated rings. The molecular formula is C20H21ClN4O4S. The minimum absolute atomic E-state index is 0.00193. The van der Waals surface area contributed by atoms with Crippen molar-refractivity contribution in [3.05, 3.63) is 58.1 Å². The van der Waals surface area contributed by atoms with Gasteiger partial charge in [-0.15, -0.1) is 0 Å². The molecule has 1 atom stereocenters. The van der Waals surface area contributed by atoms with Crippen molar-refractivity contribution in [3.63, 3.8) is 0 Å². The first kappa shape index (κ1) is 21.9. The normalized spacial score (nSPS) is 17.0. The lowest BCUT2D eigenvalue weighted by atomic mass is 10.1. The summed E-state index contributed by atoms with van der Waals surface area (Å²) < 4.78 is 23.7. The van der Waals surface area contributed by atoms with Gasteiger partial charge in [-0.3, -0.25) is 9.59 Å². The zero-order valence-electron chi connectivity index (χ0n) is 16.4. The van der Waals surface area contributed by atoms with Crippen LogP contribution in [0.1, 0.15) is 23.1 Å². The Hall–Kier alpha value is -2.75. The minimum atomic E-state index is -3.97. The highest BCUT2D eigenvalue weighted by molar-refractivity contribution is 7.89. The quantitative estimate of drug-likeness (QED) is 0.537. The van der Waals surface area contributed by atoms with Gasteiger partial charge in [0.05, 0.1) is 27.7 Å². The number of aryl methyl sites for hydroxylation is 1. The van der Waals surface area contributed by atoms with Crippen molar-refractivity contribution < 1.29 is 18.0 Å². The SMILES string of the molecule is Cc1cc(N2CC(C(=O)N/N=C/c3ccccc3)CC2=O)c(Cl)c(C)c1S(N)(=O)=O. The van der Waals surface area contributed by atoms with Crippen LogP contribution in [0.2, 0.25) is 5.02 Å². The summed E-state index contributed by atoms with van der Waals surface area (Å²) in [6.07, 6.45) is 1.51. The summed E-state index contributed by atoms with van der Waals surface area (Å²) in [7, 11) is -3.97. The second kappa shape index (κ2) is 8.55. The van der Waals surface area contributed by atoms with Gasteiger partial charge in [0.25, 0.3) is 0 Å². The van der Waals surface area contributed by atoms with Crippen LogP contribution < -0.4 is 15.5 Å². The molecule has 0 radical (unpaired) electrons. The number of nitrogens with two attached hydrogens (primary N) is 1. The minimum Gasteiger partial charge on any atom is -0.310 e. The van der Waals surface area contributed by atoms with Gasteiger partial charge in [-0.1, -0.05) is 41.9 Å². The number of hydrogen-bond donors (Lipinski definition) is 2. The van der Waals surface area contributed by atoms with Crippen LogP contribution in [-0.4, -0.2) is 33.0 Å². The Morgan fingerprint density at radius 1 is 1.30 bits per heavy atom. The van der Waals surface area contributed by atoms with Crippen LogP contribution >= 0.6 is 11.6 Å². The Labute approximate surface area is 179 Å². The van der Waals surface area contributed by atoms with Crippen LogP contribution in [0.15, 0.2) is 46.4 Å². The summed E-state index contributed by atoms with van der Waals surface area (Å²) in [4.78, 5) is 26.3. The summed E-state index contributed by atoms with van der Waals surface area (Å²) in [5.41, 5.74) is 4.28. The molecule has 10 heteroatoms. The molecular weight excluding hydrogens is 428 g/mol. The predicted molar refractivity (Wildman–Crippen MR) is 115 cm³/mol. The van der Waals surface area contributed by atoms with Crippen LogP contribution in [0.5, 0.6) is 0 Å². The van der Waals surface area contributed by atoms with E-state index in [9.17, 15) is 18.0 Å². The number of benzene rings is 2. The largest absolute Gasteiger partial charge is 0.310 e. The molecule has 1 aliphatic heterocycles. The number of hydrazone groups is 1. The van der Waals surface area contributed by atoms with Gasteiger partial charge in [0.1, 0.15) is 0 Å². The summed E-state index contributed by atoms with van der Waals surface area (Å²) in [5.74, 6) is -1.28. The van der Waals surface area contributed by atoms with Crippen molar-refractivity contribution in [1.82, 2.24) is 5.43 Å². The Morgan fingerprint density at radius 3 is 2.60 bits per heavy atom. The number of amides is 2. The number of carbonyl (C=O) groups is 2. The second-order valence-corrected chi connectivity index (χ2v) is 8.95. The molecule has 30 heavy (non-hydrogen) atoms. The lowest BCUT2D eigenvalue weighted by molar-refractivity contribution is -0.126. The van der Waals surface area contributed by atoms with Gasteiger partial charge < -0.3 is 4.90 Å². The monoisotopic (exact) mass is 448 g/mol. The summed E-state index contributed by atoms with van der Waals surface area (Å²) >= 11 is 6.36. The molecule has 2 aromatic rings. The predicted octanol–water partition coefficient (Wildman–Crippen LogP) is 2.11. The van der Waals surface area contributed by atoms with E-state index in [0.29, 0.717) is 11.3 Å². The third-order valence-corrected chi connectivity index (χ3v) is 6.54. The topological polar surface area (TPSA) is 122 Å². The first-order valence-electron chi connectivity index (χ1n) is 9.10. The lowest BCUT2D eigenvalue weighted by Crippen LogP contribution is -2.30. The number of rotatable bonds is 5. The third-order valence-electron chi connectivity index (χ3n) is 4.87. The standard InChI is InChI=1S/C20H21ClN4O4S/c1-12-8-16(18(21)13(2)19(12)30(22,28)29)25-11-15(9-17(25)26)20(27)24-23-10-14-6-4-3-5-7-14/h3-8,10,15H,9,11H2,1-2H3,(H,24,27)(H2,22,28,29)/b23-10+. The van der Waals surface area contributed by atoms with E-state index in [0.717, 1.165) is 5.56 Å². The molecule has 0 spiro atoms. The van der Waals surface area contributed by atoms with E-state index in [1.807, 2.05) is 30.3 Å². The molecule has 1 unspecified atom stereocenters. The average molecular weight is 449 g/mol. The van der Waals surface area contributed by atoms with E-state index in [2.05, 4.69) is 10.5 Å². The Kier molecular flexibility index (Phi) is 6.25. The summed E-state index contributed by atoms with van der Waals surface area (Å²) in [6.45, 7) is 3.22. The fourth-order valence-electron chi connectivity index (χ4n) is 3.47. The molecule has 0 aliphatic carbocycles. The maximum absolute atomic E-state index is 12.5. The van der Waals surface area contributed by atoms with Crippen LogP contribution in [0.3, 0.4) is 0 Å². The van der Waals surface area contributed by atoms with Crippen LogP contribution in [0, 0.1) is 19.8 Å². The van der Waals surface area contributed by atoms with Gasteiger partial charge in [0.15, 0.2) is 0 Å². The van der Waals surface area contributed by atoms with E-state index in [1.165, 1.54) is 24.1 Å². The van der Waals surface area contributed by atoms with Gasteiger partial charge in [-0.2, -0.15) is 5.10 Å². The number of sulfonamides is 1. The molecule has 1 heterocycles. The van der Waals surface area contributed by atoms with Gasteiger partial charge in [0, 0.05) is 13.0 Å². The van der Waals surface area contributed by atoms with Crippen LogP contribution in [-0.2, 0) is 19.6 Å². The summed E-state index contributed by atoms with van der Waals surface area (Å²) in [6, 6.07) is 10.8. The maximum Gasteiger partial charge on any atom is 0.245 e. The van der Waals surface area contributed by atoms with Crippen molar-refractivity contribution in [2.45, 2.75) is 25.2 Å². The van der Waals surface area contributed by atoms with E-state index in [1.54, 1.807) is 6.92 Å². The van der Waals surface area contributed by atoms with Crippen molar-refractivity contribution >= 4 is 45.3 Å². The molecule has 3 N–H and O–H groups in total. The Balaban J connectivity index is 1.77. The number of carbonyl (C=O) groups excluding carboxylic acids is 2. The molecule has 2 aromatic carbocycles. The number of halogens is 1. The molecule has 158 valence electrons. The molecule has 2 amide bonds. The number of primary sulfonamides is 1. The zero-order chi connectivity index (χ0) is 22.1. The first-order chi connectivity index (χ1) is 14.1. The van der Waals surface area contributed by atoms with Crippen molar-refractivity contribution in [2.75, 3.05) is 11.4 Å². The second-order valence-electron chi connectivity index (χ2n) is 7.08. The smallest absolute Gasteiger partial charge is 0.245 e. The molecule has 1 saturated heterocycles. The average Bonchev–Trinajstić information content (AvgIpc) is 3.06. The highest BCUT2D eigenvalue weighted by Gasteiger charge is 2.37. The van der Waals surface area contributed by atoms with Crippen molar-refractivity contribution in [3.8, 4) is 0 Å². The Bertz CT molecular complexity index is 1130. The molecule has 0 aromatic heterocycles. The maximum atomic E-state index is 12.5. The molecule has 8 nitrogen and oxygen atoms in total. The van der Waals surface area contributed by atoms with Crippen LogP contribution in [0.4, 0.5) is 5.69 Å². The number of nitrogens with zero attached hydrogens (tertiary/aromatic N) is 2. The van der Waals surface area contributed by atoms with Gasteiger partial charge in [-0.25, -0.2) is 19.0 Å².